The number of hydrogen-bond acceptors (Lipinski definition) is 8. The zero-order valence-electron chi connectivity index (χ0n) is 24.6. The Morgan fingerprint density at radius 1 is 0.975 bits per heavy atom. The van der Waals surface area contributed by atoms with E-state index in [0.717, 1.165) is 38.3 Å². The van der Waals surface area contributed by atoms with Gasteiger partial charge in [0.15, 0.2) is 5.82 Å². The normalized spacial score (nSPS) is 11.6. The highest BCUT2D eigenvalue weighted by atomic mass is 16.5. The maximum atomic E-state index is 13.4. The van der Waals surface area contributed by atoms with E-state index in [0.29, 0.717) is 42.3 Å². The van der Waals surface area contributed by atoms with Crippen LogP contribution in [0.3, 0.4) is 0 Å². The second-order valence-corrected chi connectivity index (χ2v) is 10.1. The number of carbonyl (C=O) groups excluding carboxylic acids is 1. The van der Waals surface area contributed by atoms with Crippen LogP contribution in [0.2, 0.25) is 0 Å². The van der Waals surface area contributed by atoms with Gasteiger partial charge >= 0.3 is 0 Å². The summed E-state index contributed by atoms with van der Waals surface area (Å²) in [6, 6.07) is 11.0. The second kappa shape index (κ2) is 14.8. The van der Waals surface area contributed by atoms with E-state index >= 15 is 0 Å². The van der Waals surface area contributed by atoms with Gasteiger partial charge in [-0.25, -0.2) is 0 Å². The largest absolute Gasteiger partial charge is 0.508 e. The van der Waals surface area contributed by atoms with Crippen molar-refractivity contribution in [2.45, 2.75) is 47.1 Å². The van der Waals surface area contributed by atoms with Crippen molar-refractivity contribution < 1.29 is 19.7 Å². The number of aromatic nitrogens is 3. The summed E-state index contributed by atoms with van der Waals surface area (Å²) in [6.45, 7) is 16.3. The molecule has 0 atom stereocenters. The van der Waals surface area contributed by atoms with E-state index in [-0.39, 0.29) is 29.1 Å². The Hall–Kier alpha value is -3.47. The van der Waals surface area contributed by atoms with Crippen molar-refractivity contribution in [2.75, 3.05) is 53.0 Å². The number of methoxy groups -OCH3 is 1. The summed E-state index contributed by atoms with van der Waals surface area (Å²) in [5.41, 5.74) is 2.90. The molecule has 0 saturated heterocycles. The summed E-state index contributed by atoms with van der Waals surface area (Å²) in [7, 11) is 1.67. The quantitative estimate of drug-likeness (QED) is 0.259. The fraction of sp³-hybridized carbons (Fsp3) is 0.500. The number of hydrogen-bond donors (Lipinski definition) is 3. The Labute approximate surface area is 237 Å². The number of amides is 1. The second-order valence-electron chi connectivity index (χ2n) is 10.1. The molecule has 1 amide bonds. The van der Waals surface area contributed by atoms with Crippen LogP contribution in [0.5, 0.6) is 11.5 Å². The van der Waals surface area contributed by atoms with E-state index in [1.165, 1.54) is 6.07 Å². The molecule has 1 aromatic heterocycles. The topological polar surface area (TPSA) is 116 Å². The zero-order chi connectivity index (χ0) is 29.2. The predicted octanol–water partition coefficient (Wildman–Crippen LogP) is 4.01. The van der Waals surface area contributed by atoms with Crippen molar-refractivity contribution in [3.05, 3.63) is 53.3 Å². The Bertz CT molecular complexity index is 1240. The summed E-state index contributed by atoms with van der Waals surface area (Å²) >= 11 is 0. The number of likely N-dealkylation sites (N-methyl/N-ethyl adjacent to an activating group) is 1. The molecule has 0 unspecified atom stereocenters. The lowest BCUT2D eigenvalue weighted by molar-refractivity contribution is 0.0932. The SMILES string of the molecule is CCN(CCNC(=O)c1nnc(-c2cc(C(C)C)c(O)cc2O)n1-c1ccc(CN(CC)CC)cc1)CCOC. The maximum absolute atomic E-state index is 13.4. The van der Waals surface area contributed by atoms with Crippen LogP contribution in [0.4, 0.5) is 0 Å². The molecular weight excluding hydrogens is 508 g/mol. The van der Waals surface area contributed by atoms with E-state index < -0.39 is 0 Å². The van der Waals surface area contributed by atoms with Crippen LogP contribution in [-0.4, -0.2) is 93.7 Å². The number of phenolic OH excluding ortho intramolecular Hbond substituents is 2. The van der Waals surface area contributed by atoms with Gasteiger partial charge in [-0.1, -0.05) is 46.8 Å². The smallest absolute Gasteiger partial charge is 0.289 e. The molecule has 218 valence electrons. The van der Waals surface area contributed by atoms with Gasteiger partial charge in [0.2, 0.25) is 5.82 Å². The number of nitrogens with one attached hydrogen (secondary N) is 1. The molecule has 2 aromatic carbocycles. The van der Waals surface area contributed by atoms with Crippen LogP contribution in [0.1, 0.15) is 62.3 Å². The van der Waals surface area contributed by atoms with Gasteiger partial charge in [-0.15, -0.1) is 10.2 Å². The number of benzene rings is 2. The highest BCUT2D eigenvalue weighted by Gasteiger charge is 2.24. The van der Waals surface area contributed by atoms with E-state index in [1.54, 1.807) is 17.7 Å². The van der Waals surface area contributed by atoms with Crippen LogP contribution in [0.15, 0.2) is 36.4 Å². The maximum Gasteiger partial charge on any atom is 0.289 e. The molecule has 10 heteroatoms. The first-order chi connectivity index (χ1) is 19.2. The summed E-state index contributed by atoms with van der Waals surface area (Å²) in [6.07, 6.45) is 0. The van der Waals surface area contributed by atoms with Crippen LogP contribution in [0, 0.1) is 0 Å². The van der Waals surface area contributed by atoms with Crippen LogP contribution in [0.25, 0.3) is 17.1 Å². The van der Waals surface area contributed by atoms with Crippen molar-refractivity contribution in [3.8, 4) is 28.6 Å². The highest BCUT2D eigenvalue weighted by molar-refractivity contribution is 5.92. The lowest BCUT2D eigenvalue weighted by Gasteiger charge is -2.20. The van der Waals surface area contributed by atoms with Gasteiger partial charge in [-0.3, -0.25) is 19.2 Å². The first-order valence-electron chi connectivity index (χ1n) is 14.1. The summed E-state index contributed by atoms with van der Waals surface area (Å²) in [5.74, 6) is -0.0534. The van der Waals surface area contributed by atoms with E-state index in [9.17, 15) is 15.0 Å². The van der Waals surface area contributed by atoms with Crippen LogP contribution < -0.4 is 5.32 Å². The molecule has 3 aromatic rings. The van der Waals surface area contributed by atoms with Crippen molar-refractivity contribution in [1.29, 1.82) is 0 Å². The van der Waals surface area contributed by atoms with Crippen LogP contribution in [-0.2, 0) is 11.3 Å². The van der Waals surface area contributed by atoms with Crippen molar-refractivity contribution in [1.82, 2.24) is 29.9 Å². The average Bonchev–Trinajstić information content (AvgIpc) is 3.38. The van der Waals surface area contributed by atoms with Crippen molar-refractivity contribution >= 4 is 5.91 Å². The fourth-order valence-corrected chi connectivity index (χ4v) is 4.60. The number of rotatable bonds is 15. The van der Waals surface area contributed by atoms with Gasteiger partial charge in [-0.2, -0.15) is 0 Å². The standard InChI is InChI=1S/C30H44N6O4/c1-7-34(8-2)20-22-10-12-23(13-11-22)36-28(25-18-24(21(4)5)26(37)19-27(25)38)32-33-29(36)30(39)31-14-15-35(9-3)16-17-40-6/h10-13,18-19,21,37-38H,7-9,14-17,20H2,1-6H3,(H,31,39). The molecule has 40 heavy (non-hydrogen) atoms. The monoisotopic (exact) mass is 552 g/mol. The minimum absolute atomic E-state index is 0.00925. The van der Waals surface area contributed by atoms with Gasteiger partial charge in [-0.05, 0) is 54.9 Å². The average molecular weight is 553 g/mol. The predicted molar refractivity (Wildman–Crippen MR) is 157 cm³/mol. The first-order valence-corrected chi connectivity index (χ1v) is 14.1. The fourth-order valence-electron chi connectivity index (χ4n) is 4.60. The number of ether oxygens (including phenoxy) is 1. The minimum atomic E-state index is -0.365. The lowest BCUT2D eigenvalue weighted by atomic mass is 9.98. The molecule has 0 spiro atoms. The van der Waals surface area contributed by atoms with Gasteiger partial charge in [0.05, 0.1) is 12.2 Å². The number of nitrogens with zero attached hydrogens (tertiary/aromatic N) is 5. The molecule has 1 heterocycles. The molecule has 0 aliphatic carbocycles. The third-order valence-electron chi connectivity index (χ3n) is 7.14. The third kappa shape index (κ3) is 7.59. The molecule has 3 N–H and O–H groups in total. The third-order valence-corrected chi connectivity index (χ3v) is 7.14. The minimum Gasteiger partial charge on any atom is -0.508 e. The van der Waals surface area contributed by atoms with E-state index in [1.807, 2.05) is 38.1 Å². The summed E-state index contributed by atoms with van der Waals surface area (Å²) in [5, 5.41) is 32.8. The summed E-state index contributed by atoms with van der Waals surface area (Å²) < 4.78 is 6.84. The van der Waals surface area contributed by atoms with Crippen LogP contribution >= 0.6 is 0 Å². The molecule has 0 aliphatic rings. The van der Waals surface area contributed by atoms with Gasteiger partial charge in [0.1, 0.15) is 11.5 Å². The Balaban J connectivity index is 2.00. The molecule has 10 nitrogen and oxygen atoms in total. The Morgan fingerprint density at radius 2 is 1.65 bits per heavy atom. The zero-order valence-corrected chi connectivity index (χ0v) is 24.6. The number of aromatic hydroxyl groups is 2. The van der Waals surface area contributed by atoms with Gasteiger partial charge in [0, 0.05) is 45.0 Å². The Kier molecular flexibility index (Phi) is 11.5. The first kappa shape index (κ1) is 31.1. The molecule has 0 fully saturated rings. The van der Waals surface area contributed by atoms with Gasteiger partial charge < -0.3 is 20.3 Å². The lowest BCUT2D eigenvalue weighted by Crippen LogP contribution is -2.37. The van der Waals surface area contributed by atoms with E-state index in [2.05, 4.69) is 46.1 Å². The van der Waals surface area contributed by atoms with Gasteiger partial charge in [0.25, 0.3) is 5.91 Å². The molecule has 0 aliphatic heterocycles. The molecule has 0 bridgehead atoms. The molecule has 3 rings (SSSR count). The molecule has 0 saturated carbocycles. The molecular formula is C30H44N6O4. The highest BCUT2D eigenvalue weighted by Crippen LogP contribution is 2.38. The Morgan fingerprint density at radius 3 is 2.25 bits per heavy atom. The number of phenols is 2. The number of carbonyl (C=O) groups is 1. The van der Waals surface area contributed by atoms with Crippen molar-refractivity contribution in [2.24, 2.45) is 0 Å². The summed E-state index contributed by atoms with van der Waals surface area (Å²) in [4.78, 5) is 17.9. The van der Waals surface area contributed by atoms with E-state index in [4.69, 9.17) is 4.74 Å². The van der Waals surface area contributed by atoms with Crippen molar-refractivity contribution in [3.63, 3.8) is 0 Å². The molecule has 0 radical (unpaired) electrons.